The van der Waals surface area contributed by atoms with Crippen LogP contribution < -0.4 is 4.90 Å². The highest BCUT2D eigenvalue weighted by Gasteiger charge is 2.24. The van der Waals surface area contributed by atoms with Crippen LogP contribution in [-0.4, -0.2) is 0 Å². The molecule has 0 atom stereocenters. The van der Waals surface area contributed by atoms with Crippen molar-refractivity contribution in [2.24, 2.45) is 0 Å². The van der Waals surface area contributed by atoms with Crippen LogP contribution in [0.25, 0.3) is 98.8 Å². The maximum atomic E-state index is 6.93. The molecule has 0 saturated carbocycles. The first kappa shape index (κ1) is 35.7. The number of furan rings is 1. The molecule has 290 valence electrons. The van der Waals surface area contributed by atoms with Crippen molar-refractivity contribution in [2.75, 3.05) is 4.90 Å². The lowest BCUT2D eigenvalue weighted by molar-refractivity contribution is 0.670. The van der Waals surface area contributed by atoms with E-state index in [1.54, 1.807) is 0 Å². The molecule has 0 unspecified atom stereocenters. The Hall–Kier alpha value is -8.20. The third kappa shape index (κ3) is 5.96. The lowest BCUT2D eigenvalue weighted by Crippen LogP contribution is -2.10. The van der Waals surface area contributed by atoms with Crippen molar-refractivity contribution >= 4 is 71.3 Å². The first-order valence-electron chi connectivity index (χ1n) is 21.3. The lowest BCUT2D eigenvalue weighted by atomic mass is 9.87. The predicted octanol–water partition coefficient (Wildman–Crippen LogP) is 17.2. The summed E-state index contributed by atoms with van der Waals surface area (Å²) < 4.78 is 6.93. The molecule has 0 radical (unpaired) electrons. The molecule has 0 N–H and O–H groups in total. The number of nitrogens with zero attached hydrogens (tertiary/aromatic N) is 1. The van der Waals surface area contributed by atoms with Gasteiger partial charge >= 0.3 is 0 Å². The van der Waals surface area contributed by atoms with Crippen molar-refractivity contribution in [3.63, 3.8) is 0 Å². The van der Waals surface area contributed by atoms with Crippen LogP contribution in [0, 0.1) is 0 Å². The quantitative estimate of drug-likeness (QED) is 0.150. The van der Waals surface area contributed by atoms with Gasteiger partial charge < -0.3 is 9.32 Å². The third-order valence-electron chi connectivity index (χ3n) is 12.5. The average Bonchev–Trinajstić information content (AvgIpc) is 3.75. The molecule has 0 aliphatic rings. The van der Waals surface area contributed by atoms with Crippen LogP contribution in [0.4, 0.5) is 17.1 Å². The van der Waals surface area contributed by atoms with Gasteiger partial charge in [-0.2, -0.15) is 0 Å². The summed E-state index contributed by atoms with van der Waals surface area (Å²) in [6.45, 7) is 0. The van der Waals surface area contributed by atoms with Crippen LogP contribution in [0.1, 0.15) is 0 Å². The van der Waals surface area contributed by atoms with E-state index in [9.17, 15) is 0 Å². The predicted molar refractivity (Wildman–Crippen MR) is 263 cm³/mol. The molecule has 2 nitrogen and oxygen atoms in total. The van der Waals surface area contributed by atoms with Gasteiger partial charge in [-0.05, 0) is 114 Å². The number of para-hydroxylation sites is 1. The zero-order valence-electron chi connectivity index (χ0n) is 33.9. The minimum atomic E-state index is 0.864. The van der Waals surface area contributed by atoms with Crippen molar-refractivity contribution in [2.45, 2.75) is 0 Å². The Labute approximate surface area is 360 Å². The minimum Gasteiger partial charge on any atom is -0.455 e. The summed E-state index contributed by atoms with van der Waals surface area (Å²) in [4.78, 5) is 2.41. The Balaban J connectivity index is 1.10. The van der Waals surface area contributed by atoms with Gasteiger partial charge in [0.2, 0.25) is 0 Å². The molecule has 0 aliphatic carbocycles. The molecule has 0 saturated heterocycles. The maximum absolute atomic E-state index is 6.93. The number of anilines is 3. The molecule has 0 fully saturated rings. The fraction of sp³-hybridized carbons (Fsp3) is 0. The molecule has 0 amide bonds. The van der Waals surface area contributed by atoms with Gasteiger partial charge in [0, 0.05) is 22.3 Å². The van der Waals surface area contributed by atoms with E-state index in [2.05, 4.69) is 241 Å². The van der Waals surface area contributed by atoms with Crippen molar-refractivity contribution < 1.29 is 4.42 Å². The van der Waals surface area contributed by atoms with E-state index in [-0.39, 0.29) is 0 Å². The molecule has 12 aromatic rings. The first-order valence-corrected chi connectivity index (χ1v) is 21.3. The van der Waals surface area contributed by atoms with E-state index in [1.807, 2.05) is 0 Å². The summed E-state index contributed by atoms with van der Waals surface area (Å²) in [6, 6.07) is 85.4. The summed E-state index contributed by atoms with van der Waals surface area (Å²) in [5.41, 5.74) is 14.3. The smallest absolute Gasteiger partial charge is 0.145 e. The molecule has 0 spiro atoms. The molecule has 62 heavy (non-hydrogen) atoms. The summed E-state index contributed by atoms with van der Waals surface area (Å²) in [6.07, 6.45) is 0. The highest BCUT2D eigenvalue weighted by Crippen LogP contribution is 2.48. The molecule has 11 aromatic carbocycles. The van der Waals surface area contributed by atoms with Crippen molar-refractivity contribution in [1.29, 1.82) is 0 Å². The molecule has 1 heterocycles. The lowest BCUT2D eigenvalue weighted by Gasteiger charge is -2.27. The zero-order valence-corrected chi connectivity index (χ0v) is 33.9. The Morgan fingerprint density at radius 1 is 0.306 bits per heavy atom. The molecular weight excluding hydrogens is 751 g/mol. The number of benzene rings is 11. The van der Waals surface area contributed by atoms with Gasteiger partial charge in [0.1, 0.15) is 11.2 Å². The van der Waals surface area contributed by atoms with Gasteiger partial charge in [0.15, 0.2) is 0 Å². The summed E-state index contributed by atoms with van der Waals surface area (Å²) >= 11 is 0. The largest absolute Gasteiger partial charge is 0.455 e. The van der Waals surface area contributed by atoms with Gasteiger partial charge in [-0.15, -0.1) is 0 Å². The fourth-order valence-electron chi connectivity index (χ4n) is 9.59. The Morgan fingerprint density at radius 2 is 0.855 bits per heavy atom. The molecular formula is C60H39NO. The second-order valence-corrected chi connectivity index (χ2v) is 16.0. The van der Waals surface area contributed by atoms with Crippen LogP contribution in [0.5, 0.6) is 0 Å². The first-order chi connectivity index (χ1) is 30.8. The van der Waals surface area contributed by atoms with Gasteiger partial charge in [0.25, 0.3) is 0 Å². The SMILES string of the molecule is c1ccc(-c2cccc(-c3ccccc3)c2-c2ccc(N(c3ccc4c(ccc5ccccc54)c3)c3ccc(-c4cccc5ccccc45)c4oc5ccccc5c34)cc2)cc1. The van der Waals surface area contributed by atoms with E-state index in [4.69, 9.17) is 4.42 Å². The summed E-state index contributed by atoms with van der Waals surface area (Å²) in [5.74, 6) is 0. The Bertz CT molecular complexity index is 3560. The second kappa shape index (κ2) is 14.8. The van der Waals surface area contributed by atoms with Crippen LogP contribution >= 0.6 is 0 Å². The molecule has 0 aliphatic heterocycles. The fourth-order valence-corrected chi connectivity index (χ4v) is 9.59. The monoisotopic (exact) mass is 789 g/mol. The summed E-state index contributed by atoms with van der Waals surface area (Å²) in [7, 11) is 0. The standard InChI is InChI=1S/C60H39NO/c1-3-15-41(16-4-1)51-25-14-26-52(42-17-5-2-6-18-42)58(51)44-31-33-46(34-32-44)61(47-35-36-50-45(39-47)30-29-43-20-8-9-22-48(43)50)56-38-37-54(53-27-13-21-40-19-7-10-23-49(40)53)60-59(56)55-24-11-12-28-57(55)62-60/h1-39H. The van der Waals surface area contributed by atoms with Crippen molar-refractivity contribution in [3.05, 3.63) is 237 Å². The molecule has 1 aromatic heterocycles. The second-order valence-electron chi connectivity index (χ2n) is 16.0. The van der Waals surface area contributed by atoms with Crippen LogP contribution in [-0.2, 0) is 0 Å². The Morgan fingerprint density at radius 3 is 1.60 bits per heavy atom. The average molecular weight is 790 g/mol. The number of hydrogen-bond acceptors (Lipinski definition) is 2. The topological polar surface area (TPSA) is 16.4 Å². The van der Waals surface area contributed by atoms with E-state index in [1.165, 1.54) is 60.1 Å². The summed E-state index contributed by atoms with van der Waals surface area (Å²) in [5, 5.41) is 9.47. The molecule has 2 heteroatoms. The van der Waals surface area contributed by atoms with Crippen LogP contribution in [0.3, 0.4) is 0 Å². The van der Waals surface area contributed by atoms with Gasteiger partial charge in [-0.3, -0.25) is 0 Å². The highest BCUT2D eigenvalue weighted by molar-refractivity contribution is 6.19. The molecule has 0 bridgehead atoms. The van der Waals surface area contributed by atoms with E-state index >= 15 is 0 Å². The van der Waals surface area contributed by atoms with E-state index in [0.717, 1.165) is 55.7 Å². The normalized spacial score (nSPS) is 11.5. The Kier molecular flexibility index (Phi) is 8.53. The van der Waals surface area contributed by atoms with Gasteiger partial charge in [-0.25, -0.2) is 0 Å². The highest BCUT2D eigenvalue weighted by atomic mass is 16.3. The number of fused-ring (bicyclic) bond motifs is 7. The maximum Gasteiger partial charge on any atom is 0.145 e. The minimum absolute atomic E-state index is 0.864. The van der Waals surface area contributed by atoms with Crippen molar-refractivity contribution in [1.82, 2.24) is 0 Å². The van der Waals surface area contributed by atoms with Crippen LogP contribution in [0.15, 0.2) is 241 Å². The number of rotatable bonds is 7. The van der Waals surface area contributed by atoms with Gasteiger partial charge in [0.05, 0.1) is 11.1 Å². The van der Waals surface area contributed by atoms with Crippen molar-refractivity contribution in [3.8, 4) is 44.5 Å². The molecule has 12 rings (SSSR count). The zero-order chi connectivity index (χ0) is 41.0. The van der Waals surface area contributed by atoms with E-state index in [0.29, 0.717) is 0 Å². The third-order valence-corrected chi connectivity index (χ3v) is 12.5. The van der Waals surface area contributed by atoms with Gasteiger partial charge in [-0.1, -0.05) is 194 Å². The number of hydrogen-bond donors (Lipinski definition) is 0. The van der Waals surface area contributed by atoms with Crippen LogP contribution in [0.2, 0.25) is 0 Å². The van der Waals surface area contributed by atoms with E-state index < -0.39 is 0 Å².